The van der Waals surface area contributed by atoms with E-state index in [1.807, 2.05) is 20.9 Å². The molecule has 0 aromatic rings. The van der Waals surface area contributed by atoms with Gasteiger partial charge in [-0.2, -0.15) is 0 Å². The summed E-state index contributed by atoms with van der Waals surface area (Å²) < 4.78 is 0. The fraction of sp³-hybridized carbons (Fsp3) is 0.800. The molecule has 0 spiro atoms. The summed E-state index contributed by atoms with van der Waals surface area (Å²) in [5.41, 5.74) is -0.477. The molecule has 0 saturated carbocycles. The van der Waals surface area contributed by atoms with E-state index >= 15 is 0 Å². The number of likely N-dealkylation sites (tertiary alicyclic amines) is 1. The van der Waals surface area contributed by atoms with Gasteiger partial charge in [-0.05, 0) is 39.3 Å². The number of carbonyl (C=O) groups excluding carboxylic acids is 1. The molecular weight excluding hydrogens is 238 g/mol. The third-order valence-electron chi connectivity index (χ3n) is 4.14. The van der Waals surface area contributed by atoms with Crippen molar-refractivity contribution in [3.8, 4) is 12.3 Å². The molecule has 0 radical (unpaired) electrons. The van der Waals surface area contributed by atoms with E-state index in [-0.39, 0.29) is 5.91 Å². The van der Waals surface area contributed by atoms with Crippen LogP contribution in [-0.2, 0) is 4.79 Å². The Labute approximate surface area is 117 Å². The van der Waals surface area contributed by atoms with Gasteiger partial charge >= 0.3 is 0 Å². The number of hydrogen-bond donors (Lipinski definition) is 2. The van der Waals surface area contributed by atoms with Crippen LogP contribution in [0, 0.1) is 12.3 Å². The van der Waals surface area contributed by atoms with Gasteiger partial charge in [0.25, 0.3) is 0 Å². The highest BCUT2D eigenvalue weighted by atomic mass is 16.2. The zero-order valence-corrected chi connectivity index (χ0v) is 12.5. The Morgan fingerprint density at radius 3 is 2.68 bits per heavy atom. The number of rotatable bonds is 6. The van der Waals surface area contributed by atoms with Crippen LogP contribution in [-0.4, -0.2) is 49.1 Å². The summed E-state index contributed by atoms with van der Waals surface area (Å²) in [6, 6.07) is 0.497. The van der Waals surface area contributed by atoms with Crippen LogP contribution < -0.4 is 10.6 Å². The van der Waals surface area contributed by atoms with Crippen LogP contribution in [0.4, 0.5) is 0 Å². The van der Waals surface area contributed by atoms with Crippen molar-refractivity contribution in [2.75, 3.05) is 26.7 Å². The molecule has 0 aromatic heterocycles. The second-order valence-electron chi connectivity index (χ2n) is 5.34. The van der Waals surface area contributed by atoms with Crippen molar-refractivity contribution < 1.29 is 4.79 Å². The molecule has 1 atom stereocenters. The van der Waals surface area contributed by atoms with E-state index in [1.165, 1.54) is 6.42 Å². The van der Waals surface area contributed by atoms with Crippen molar-refractivity contribution in [3.05, 3.63) is 0 Å². The third kappa shape index (κ3) is 4.52. The normalized spacial score (nSPS) is 20.8. The summed E-state index contributed by atoms with van der Waals surface area (Å²) in [5, 5.41) is 6.31. The first-order chi connectivity index (χ1) is 9.09. The molecular formula is C15H27N3O. The van der Waals surface area contributed by atoms with E-state index in [4.69, 9.17) is 6.42 Å². The van der Waals surface area contributed by atoms with Crippen LogP contribution in [0.25, 0.3) is 0 Å². The van der Waals surface area contributed by atoms with Gasteiger partial charge in [0.2, 0.25) is 5.91 Å². The van der Waals surface area contributed by atoms with Gasteiger partial charge in [0, 0.05) is 12.6 Å². The second-order valence-corrected chi connectivity index (χ2v) is 5.34. The van der Waals surface area contributed by atoms with Gasteiger partial charge in [0.05, 0.1) is 6.54 Å². The maximum Gasteiger partial charge on any atom is 0.235 e. The van der Waals surface area contributed by atoms with Gasteiger partial charge in [-0.1, -0.05) is 19.8 Å². The number of hydrogen-bond acceptors (Lipinski definition) is 3. The number of likely N-dealkylation sites (N-methyl/N-ethyl adjacent to an activating group) is 1. The number of nitrogens with one attached hydrogen (secondary N) is 2. The SMILES string of the molecule is C#CC(CC)(CC)NC(=O)CN1CCCC(NC)C1. The molecule has 1 aliphatic heterocycles. The summed E-state index contributed by atoms with van der Waals surface area (Å²) in [6.45, 7) is 6.41. The molecule has 0 aliphatic carbocycles. The Hall–Kier alpha value is -1.05. The molecule has 1 aliphatic rings. The summed E-state index contributed by atoms with van der Waals surface area (Å²) in [7, 11) is 1.98. The molecule has 2 N–H and O–H groups in total. The minimum Gasteiger partial charge on any atom is -0.339 e. The van der Waals surface area contributed by atoms with Crippen LogP contribution >= 0.6 is 0 Å². The number of terminal acetylenes is 1. The number of nitrogens with zero attached hydrogens (tertiary/aromatic N) is 1. The lowest BCUT2D eigenvalue weighted by molar-refractivity contribution is -0.124. The van der Waals surface area contributed by atoms with Crippen LogP contribution in [0.3, 0.4) is 0 Å². The molecule has 1 amide bonds. The van der Waals surface area contributed by atoms with E-state index in [0.29, 0.717) is 12.6 Å². The summed E-state index contributed by atoms with van der Waals surface area (Å²) in [6.07, 6.45) is 9.43. The monoisotopic (exact) mass is 265 g/mol. The Kier molecular flexibility index (Phi) is 6.33. The number of carbonyl (C=O) groups is 1. The highest BCUT2D eigenvalue weighted by Crippen LogP contribution is 2.14. The van der Waals surface area contributed by atoms with Crippen LogP contribution in [0.15, 0.2) is 0 Å². The fourth-order valence-corrected chi connectivity index (χ4v) is 2.61. The van der Waals surface area contributed by atoms with Gasteiger partial charge in [-0.3, -0.25) is 9.69 Å². The molecule has 4 nitrogen and oxygen atoms in total. The number of piperidine rings is 1. The second kappa shape index (κ2) is 7.52. The van der Waals surface area contributed by atoms with Gasteiger partial charge in [-0.25, -0.2) is 0 Å². The quantitative estimate of drug-likeness (QED) is 0.704. The predicted molar refractivity (Wildman–Crippen MR) is 78.8 cm³/mol. The van der Waals surface area contributed by atoms with Crippen molar-refractivity contribution in [2.45, 2.75) is 51.1 Å². The molecule has 1 rings (SSSR count). The van der Waals surface area contributed by atoms with Gasteiger partial charge in [-0.15, -0.1) is 6.42 Å². The molecule has 1 unspecified atom stereocenters. The first-order valence-corrected chi connectivity index (χ1v) is 7.27. The largest absolute Gasteiger partial charge is 0.339 e. The van der Waals surface area contributed by atoms with Gasteiger partial charge < -0.3 is 10.6 Å². The van der Waals surface area contributed by atoms with E-state index in [0.717, 1.165) is 32.4 Å². The third-order valence-corrected chi connectivity index (χ3v) is 4.14. The highest BCUT2D eigenvalue weighted by Gasteiger charge is 2.27. The Morgan fingerprint density at radius 1 is 1.47 bits per heavy atom. The van der Waals surface area contributed by atoms with Crippen molar-refractivity contribution in [3.63, 3.8) is 0 Å². The summed E-state index contributed by atoms with van der Waals surface area (Å²) in [5.74, 6) is 2.78. The summed E-state index contributed by atoms with van der Waals surface area (Å²) in [4.78, 5) is 14.3. The minimum absolute atomic E-state index is 0.0402. The zero-order chi connectivity index (χ0) is 14.3. The fourth-order valence-electron chi connectivity index (χ4n) is 2.61. The Morgan fingerprint density at radius 2 is 2.16 bits per heavy atom. The van der Waals surface area contributed by atoms with Crippen LogP contribution in [0.2, 0.25) is 0 Å². The van der Waals surface area contributed by atoms with Crippen LogP contribution in [0.1, 0.15) is 39.5 Å². The average molecular weight is 265 g/mol. The lowest BCUT2D eigenvalue weighted by atomic mass is 9.94. The predicted octanol–water partition coefficient (Wildman–Crippen LogP) is 0.978. The van der Waals surface area contributed by atoms with Gasteiger partial charge in [0.15, 0.2) is 0 Å². The topological polar surface area (TPSA) is 44.4 Å². The Bertz CT molecular complexity index is 331. The highest BCUT2D eigenvalue weighted by molar-refractivity contribution is 5.79. The first kappa shape index (κ1) is 16.0. The lowest BCUT2D eigenvalue weighted by Gasteiger charge is -2.33. The molecule has 1 saturated heterocycles. The number of amides is 1. The standard InChI is InChI=1S/C15H27N3O/c1-5-15(6-2,7-3)17-14(19)12-18-10-8-9-13(11-18)16-4/h1,13,16H,6-12H2,2-4H3,(H,17,19). The Balaban J connectivity index is 2.49. The van der Waals surface area contributed by atoms with E-state index < -0.39 is 5.54 Å². The molecule has 1 heterocycles. The van der Waals surface area contributed by atoms with Crippen molar-refractivity contribution in [2.24, 2.45) is 0 Å². The molecule has 0 aromatic carbocycles. The molecule has 108 valence electrons. The van der Waals surface area contributed by atoms with E-state index in [2.05, 4.69) is 21.5 Å². The van der Waals surface area contributed by atoms with Gasteiger partial charge in [0.1, 0.15) is 5.54 Å². The summed E-state index contributed by atoms with van der Waals surface area (Å²) >= 11 is 0. The smallest absolute Gasteiger partial charge is 0.235 e. The first-order valence-electron chi connectivity index (χ1n) is 7.27. The lowest BCUT2D eigenvalue weighted by Crippen LogP contribution is -2.52. The van der Waals surface area contributed by atoms with Crippen molar-refractivity contribution in [1.29, 1.82) is 0 Å². The van der Waals surface area contributed by atoms with E-state index in [9.17, 15) is 4.79 Å². The zero-order valence-electron chi connectivity index (χ0n) is 12.5. The molecule has 0 bridgehead atoms. The molecule has 19 heavy (non-hydrogen) atoms. The maximum absolute atomic E-state index is 12.1. The molecule has 4 heteroatoms. The molecule has 1 fully saturated rings. The average Bonchev–Trinajstić information content (AvgIpc) is 2.45. The van der Waals surface area contributed by atoms with E-state index in [1.54, 1.807) is 0 Å². The van der Waals surface area contributed by atoms with Crippen molar-refractivity contribution >= 4 is 5.91 Å². The maximum atomic E-state index is 12.1. The minimum atomic E-state index is -0.477. The van der Waals surface area contributed by atoms with Crippen LogP contribution in [0.5, 0.6) is 0 Å². The van der Waals surface area contributed by atoms with Crippen molar-refractivity contribution in [1.82, 2.24) is 15.5 Å².